The zero-order chi connectivity index (χ0) is 11.4. The predicted octanol–water partition coefficient (Wildman–Crippen LogP) is -0.0875. The summed E-state index contributed by atoms with van der Waals surface area (Å²) in [5.74, 6) is -3.77. The van der Waals surface area contributed by atoms with Gasteiger partial charge in [0.05, 0.1) is 0 Å². The summed E-state index contributed by atoms with van der Waals surface area (Å²) >= 11 is 0. The second-order valence-corrected chi connectivity index (χ2v) is 4.45. The smallest absolute Gasteiger partial charge is 0.359 e. The van der Waals surface area contributed by atoms with Crippen molar-refractivity contribution in [3.8, 4) is 0 Å². The van der Waals surface area contributed by atoms with Crippen LogP contribution in [0.2, 0.25) is 0 Å². The van der Waals surface area contributed by atoms with Gasteiger partial charge < -0.3 is 20.2 Å². The summed E-state index contributed by atoms with van der Waals surface area (Å²) in [5, 5.41) is 10.9. The van der Waals surface area contributed by atoms with E-state index in [1.807, 2.05) is 0 Å². The van der Waals surface area contributed by atoms with E-state index in [0.717, 1.165) is 0 Å². The van der Waals surface area contributed by atoms with Gasteiger partial charge in [0.2, 0.25) is 5.91 Å². The molecule has 0 aromatic carbocycles. The van der Waals surface area contributed by atoms with Gasteiger partial charge in [-0.2, -0.15) is 0 Å². The van der Waals surface area contributed by atoms with Crippen LogP contribution in [0.5, 0.6) is 0 Å². The van der Waals surface area contributed by atoms with Gasteiger partial charge in [-0.1, -0.05) is 6.92 Å². The Balaban J connectivity index is 4.30. The minimum Gasteiger partial charge on any atom is -0.480 e. The van der Waals surface area contributed by atoms with Gasteiger partial charge in [0, 0.05) is 6.42 Å². The molecule has 0 heterocycles. The highest BCUT2D eigenvalue weighted by Gasteiger charge is 2.33. The van der Waals surface area contributed by atoms with Crippen LogP contribution in [-0.4, -0.2) is 39.4 Å². The Kier molecular flexibility index (Phi) is 5.22. The number of nitrogens with one attached hydrogen (secondary N) is 1. The second kappa shape index (κ2) is 5.41. The van der Waals surface area contributed by atoms with E-state index in [1.54, 1.807) is 6.92 Å². The quantitative estimate of drug-likeness (QED) is 0.474. The largest absolute Gasteiger partial charge is 0.480 e. The Morgan fingerprint density at radius 2 is 2.07 bits per heavy atom. The molecule has 84 valence electrons. The molecule has 0 radical (unpaired) electrons. The molecule has 0 saturated carbocycles. The summed E-state index contributed by atoms with van der Waals surface area (Å²) < 4.78 is 23.2. The average Bonchev–Trinajstić information content (AvgIpc) is 2.01. The highest BCUT2D eigenvalue weighted by Crippen LogP contribution is 2.44. The Bertz CT molecular complexity index is 242. The third kappa shape index (κ3) is 4.66. The van der Waals surface area contributed by atoms with Gasteiger partial charge in [0.15, 0.2) is 0 Å². The van der Waals surface area contributed by atoms with Crippen LogP contribution in [0.1, 0.15) is 13.3 Å². The van der Waals surface area contributed by atoms with E-state index >= 15 is 0 Å². The first-order valence-electron chi connectivity index (χ1n) is 3.94. The van der Waals surface area contributed by atoms with Crippen LogP contribution >= 0.6 is 7.60 Å². The Labute approximate surface area is 80.3 Å². The molecular weight excluding hydrogens is 216 g/mol. The molecule has 0 saturated heterocycles. The lowest BCUT2D eigenvalue weighted by atomic mass is 10.2. The van der Waals surface area contributed by atoms with Crippen LogP contribution in [0, 0.1) is 0 Å². The van der Waals surface area contributed by atoms with E-state index in [4.69, 9.17) is 14.9 Å². The van der Waals surface area contributed by atoms with Gasteiger partial charge in [0.25, 0.3) is 0 Å². The topological polar surface area (TPSA) is 107 Å². The summed E-state index contributed by atoms with van der Waals surface area (Å²) in [6.45, 7) is 1.89. The molecule has 8 heteroatoms. The lowest BCUT2D eigenvalue weighted by Crippen LogP contribution is -2.38. The standard InChI is InChI=1S/C6H13FNO5P/c1-2-8-4(6(9)10)3-5(7)14(11,12)13/h4-5,8H,2-3H2,1H3,(H,9,10)(H2,11,12,13)/t4-,5-/m0/s1. The molecule has 0 aliphatic heterocycles. The fraction of sp³-hybridized carbons (Fsp3) is 0.833. The number of hydrogen-bond donors (Lipinski definition) is 4. The highest BCUT2D eigenvalue weighted by atomic mass is 31.2. The van der Waals surface area contributed by atoms with E-state index in [2.05, 4.69) is 5.32 Å². The summed E-state index contributed by atoms with van der Waals surface area (Å²) in [6.07, 6.45) is -0.743. The number of carboxylic acids is 1. The van der Waals surface area contributed by atoms with Crippen LogP contribution < -0.4 is 5.32 Å². The molecule has 0 aromatic heterocycles. The Morgan fingerprint density at radius 1 is 1.57 bits per heavy atom. The van der Waals surface area contributed by atoms with Crippen LogP contribution in [0.15, 0.2) is 0 Å². The molecule has 0 bridgehead atoms. The number of carboxylic acid groups (broad SMARTS) is 1. The van der Waals surface area contributed by atoms with Crippen LogP contribution in [-0.2, 0) is 9.36 Å². The minimum atomic E-state index is -4.84. The number of rotatable bonds is 6. The highest BCUT2D eigenvalue weighted by molar-refractivity contribution is 7.52. The molecule has 0 aliphatic rings. The first-order chi connectivity index (χ1) is 6.29. The molecule has 2 atom stereocenters. The van der Waals surface area contributed by atoms with Gasteiger partial charge in [-0.25, -0.2) is 4.39 Å². The molecule has 0 fully saturated rings. The van der Waals surface area contributed by atoms with E-state index in [0.29, 0.717) is 0 Å². The van der Waals surface area contributed by atoms with Crippen molar-refractivity contribution in [1.29, 1.82) is 0 Å². The van der Waals surface area contributed by atoms with Crippen LogP contribution in [0.25, 0.3) is 0 Å². The molecular formula is C6H13FNO5P. The number of hydrogen-bond acceptors (Lipinski definition) is 3. The van der Waals surface area contributed by atoms with Gasteiger partial charge in [-0.15, -0.1) is 0 Å². The second-order valence-electron chi connectivity index (χ2n) is 2.71. The van der Waals surface area contributed by atoms with Crippen molar-refractivity contribution in [2.45, 2.75) is 25.3 Å². The fourth-order valence-electron chi connectivity index (χ4n) is 0.850. The summed E-state index contributed by atoms with van der Waals surface area (Å²) in [6, 6.07) is -1.28. The maximum atomic E-state index is 12.8. The Hall–Kier alpha value is -0.490. The molecule has 4 N–H and O–H groups in total. The van der Waals surface area contributed by atoms with Crippen molar-refractivity contribution in [3.05, 3.63) is 0 Å². The molecule has 0 spiro atoms. The number of alkyl halides is 1. The molecule has 0 aromatic rings. The minimum absolute atomic E-state index is 0.283. The first-order valence-corrected chi connectivity index (χ1v) is 5.62. The van der Waals surface area contributed by atoms with E-state index in [9.17, 15) is 13.8 Å². The van der Waals surface area contributed by atoms with Crippen molar-refractivity contribution in [1.82, 2.24) is 5.32 Å². The van der Waals surface area contributed by atoms with Crippen molar-refractivity contribution >= 4 is 13.6 Å². The normalized spacial score (nSPS) is 16.3. The maximum absolute atomic E-state index is 12.8. The zero-order valence-corrected chi connectivity index (χ0v) is 8.45. The van der Waals surface area contributed by atoms with Crippen LogP contribution in [0.4, 0.5) is 4.39 Å². The molecule has 0 amide bonds. The van der Waals surface area contributed by atoms with Crippen molar-refractivity contribution in [2.75, 3.05) is 6.54 Å². The predicted molar refractivity (Wildman–Crippen MR) is 46.7 cm³/mol. The zero-order valence-electron chi connectivity index (χ0n) is 7.55. The maximum Gasteiger partial charge on any atom is 0.359 e. The number of halogens is 1. The number of carbonyl (C=O) groups is 1. The van der Waals surface area contributed by atoms with E-state index in [1.165, 1.54) is 0 Å². The summed E-state index contributed by atoms with van der Waals surface area (Å²) in [5.41, 5.74) is 0. The number of likely N-dealkylation sites (N-methyl/N-ethyl adjacent to an activating group) is 1. The van der Waals surface area contributed by atoms with Gasteiger partial charge in [-0.05, 0) is 6.54 Å². The van der Waals surface area contributed by atoms with Crippen molar-refractivity contribution < 1.29 is 28.6 Å². The third-order valence-electron chi connectivity index (χ3n) is 1.54. The monoisotopic (exact) mass is 229 g/mol. The van der Waals surface area contributed by atoms with Crippen molar-refractivity contribution in [3.63, 3.8) is 0 Å². The van der Waals surface area contributed by atoms with Gasteiger partial charge in [-0.3, -0.25) is 9.36 Å². The van der Waals surface area contributed by atoms with Gasteiger partial charge in [0.1, 0.15) is 6.04 Å². The first kappa shape index (κ1) is 13.5. The lowest BCUT2D eigenvalue weighted by Gasteiger charge is -2.16. The van der Waals surface area contributed by atoms with E-state index < -0.39 is 31.9 Å². The molecule has 0 aliphatic carbocycles. The number of aliphatic carboxylic acids is 1. The molecule has 14 heavy (non-hydrogen) atoms. The third-order valence-corrected chi connectivity index (χ3v) is 2.48. The molecule has 6 nitrogen and oxygen atoms in total. The summed E-state index contributed by atoms with van der Waals surface area (Å²) in [4.78, 5) is 27.3. The molecule has 0 rings (SSSR count). The lowest BCUT2D eigenvalue weighted by molar-refractivity contribution is -0.139. The molecule has 0 unspecified atom stereocenters. The van der Waals surface area contributed by atoms with E-state index in [-0.39, 0.29) is 6.54 Å². The Morgan fingerprint density at radius 3 is 2.36 bits per heavy atom. The SMILES string of the molecule is CCN[C@@H](C[C@@H](F)P(=O)(O)O)C(=O)O. The average molecular weight is 229 g/mol. The van der Waals surface area contributed by atoms with Gasteiger partial charge >= 0.3 is 13.6 Å². The van der Waals surface area contributed by atoms with Crippen molar-refractivity contribution in [2.24, 2.45) is 0 Å². The fourth-order valence-corrected chi connectivity index (χ4v) is 1.34. The van der Waals surface area contributed by atoms with Crippen LogP contribution in [0.3, 0.4) is 0 Å². The summed E-state index contributed by atoms with van der Waals surface area (Å²) in [7, 11) is -4.84.